The third-order valence-electron chi connectivity index (χ3n) is 2.43. The predicted octanol–water partition coefficient (Wildman–Crippen LogP) is 2.51. The van der Waals surface area contributed by atoms with E-state index in [1.807, 2.05) is 28.1 Å². The Hall–Kier alpha value is -1.86. The highest BCUT2D eigenvalue weighted by atomic mass is 32.1. The lowest BCUT2D eigenvalue weighted by Crippen LogP contribution is -2.02. The quantitative estimate of drug-likeness (QED) is 0.746. The topological polar surface area (TPSA) is 59.4 Å². The molecule has 1 N–H and O–H groups in total. The van der Waals surface area contributed by atoms with E-state index in [0.29, 0.717) is 11.3 Å². The molecule has 0 amide bonds. The van der Waals surface area contributed by atoms with Crippen LogP contribution in [0.2, 0.25) is 0 Å². The van der Waals surface area contributed by atoms with Crippen LogP contribution < -0.4 is 0 Å². The van der Waals surface area contributed by atoms with Gasteiger partial charge in [0.25, 0.3) is 0 Å². The van der Waals surface area contributed by atoms with Crippen molar-refractivity contribution in [3.05, 3.63) is 45.8 Å². The van der Waals surface area contributed by atoms with Gasteiger partial charge in [-0.3, -0.25) is 14.6 Å². The van der Waals surface area contributed by atoms with Gasteiger partial charge in [-0.15, -0.1) is 11.3 Å². The van der Waals surface area contributed by atoms with Crippen LogP contribution in [0.25, 0.3) is 11.5 Å². The first-order valence-electron chi connectivity index (χ1n) is 5.29. The summed E-state index contributed by atoms with van der Waals surface area (Å²) in [6.45, 7) is 0.610. The minimum absolute atomic E-state index is 0.575. The van der Waals surface area contributed by atoms with E-state index >= 15 is 0 Å². The van der Waals surface area contributed by atoms with E-state index in [4.69, 9.17) is 12.2 Å². The van der Waals surface area contributed by atoms with Crippen LogP contribution >= 0.6 is 23.6 Å². The highest BCUT2D eigenvalue weighted by Gasteiger charge is 2.10. The van der Waals surface area contributed by atoms with Crippen LogP contribution in [0.15, 0.2) is 36.0 Å². The number of thiazole rings is 1. The number of rotatable bonds is 3. The van der Waals surface area contributed by atoms with E-state index in [1.165, 1.54) is 0 Å². The maximum Gasteiger partial charge on any atom is 0.195 e. The van der Waals surface area contributed by atoms with Gasteiger partial charge < -0.3 is 0 Å². The second-order valence-corrected chi connectivity index (χ2v) is 4.95. The first-order valence-corrected chi connectivity index (χ1v) is 6.58. The van der Waals surface area contributed by atoms with Crippen LogP contribution in [0.1, 0.15) is 5.01 Å². The van der Waals surface area contributed by atoms with Gasteiger partial charge in [-0.2, -0.15) is 5.10 Å². The Balaban J connectivity index is 2.04. The standard InChI is InChI=1S/C11H9N5S2/c17-11-15-14-10(8-3-1-2-4-12-8)16(11)7-9-13-5-6-18-9/h1-6H,7H2,(H,15,17). The molecule has 3 heterocycles. The van der Waals surface area contributed by atoms with Crippen molar-refractivity contribution in [3.63, 3.8) is 0 Å². The Kier molecular flexibility index (Phi) is 2.99. The molecule has 18 heavy (non-hydrogen) atoms. The molecule has 0 bridgehead atoms. The van der Waals surface area contributed by atoms with Crippen molar-refractivity contribution in [2.24, 2.45) is 0 Å². The normalized spacial score (nSPS) is 10.7. The zero-order chi connectivity index (χ0) is 12.4. The maximum absolute atomic E-state index is 5.24. The smallest absolute Gasteiger partial charge is 0.195 e. The molecule has 0 atom stereocenters. The number of nitrogens with one attached hydrogen (secondary N) is 1. The fourth-order valence-electron chi connectivity index (χ4n) is 1.62. The molecule has 3 aromatic heterocycles. The maximum atomic E-state index is 5.24. The van der Waals surface area contributed by atoms with Gasteiger partial charge in [0.1, 0.15) is 10.7 Å². The van der Waals surface area contributed by atoms with Crippen molar-refractivity contribution in [2.75, 3.05) is 0 Å². The summed E-state index contributed by atoms with van der Waals surface area (Å²) in [7, 11) is 0. The number of aromatic nitrogens is 5. The molecule has 90 valence electrons. The zero-order valence-corrected chi connectivity index (χ0v) is 10.9. The summed E-state index contributed by atoms with van der Waals surface area (Å²) in [5.74, 6) is 0.732. The largest absolute Gasteiger partial charge is 0.292 e. The highest BCUT2D eigenvalue weighted by Crippen LogP contribution is 2.16. The Morgan fingerprint density at radius 3 is 2.94 bits per heavy atom. The summed E-state index contributed by atoms with van der Waals surface area (Å²) in [5, 5.41) is 9.96. The fourth-order valence-corrected chi connectivity index (χ4v) is 2.42. The molecule has 0 aliphatic rings. The molecular formula is C11H9N5S2. The lowest BCUT2D eigenvalue weighted by Gasteiger charge is -2.03. The van der Waals surface area contributed by atoms with Crippen molar-refractivity contribution in [1.82, 2.24) is 24.7 Å². The minimum Gasteiger partial charge on any atom is -0.292 e. The van der Waals surface area contributed by atoms with Crippen molar-refractivity contribution in [2.45, 2.75) is 6.54 Å². The number of aromatic amines is 1. The molecule has 0 saturated heterocycles. The summed E-state index contributed by atoms with van der Waals surface area (Å²) < 4.78 is 2.47. The number of hydrogen-bond acceptors (Lipinski definition) is 5. The molecule has 0 unspecified atom stereocenters. The van der Waals surface area contributed by atoms with Crippen LogP contribution in [0.3, 0.4) is 0 Å². The van der Waals surface area contributed by atoms with Crippen LogP contribution in [0.4, 0.5) is 0 Å². The van der Waals surface area contributed by atoms with Crippen molar-refractivity contribution in [3.8, 4) is 11.5 Å². The third-order valence-corrected chi connectivity index (χ3v) is 3.51. The number of pyridine rings is 1. The summed E-state index contributed by atoms with van der Waals surface area (Å²) in [5.41, 5.74) is 0.793. The minimum atomic E-state index is 0.575. The van der Waals surface area contributed by atoms with E-state index < -0.39 is 0 Å². The molecule has 7 heteroatoms. The molecule has 0 saturated carbocycles. The van der Waals surface area contributed by atoms with Gasteiger partial charge in [0.2, 0.25) is 0 Å². The molecule has 3 aromatic rings. The van der Waals surface area contributed by atoms with E-state index in [2.05, 4.69) is 20.2 Å². The molecule has 5 nitrogen and oxygen atoms in total. The van der Waals surface area contributed by atoms with Gasteiger partial charge >= 0.3 is 0 Å². The lowest BCUT2D eigenvalue weighted by atomic mass is 10.3. The molecule has 0 aliphatic carbocycles. The van der Waals surface area contributed by atoms with E-state index in [-0.39, 0.29) is 0 Å². The van der Waals surface area contributed by atoms with Crippen LogP contribution in [-0.4, -0.2) is 24.7 Å². The number of H-pyrrole nitrogens is 1. The average Bonchev–Trinajstić information content (AvgIpc) is 3.03. The second-order valence-electron chi connectivity index (χ2n) is 3.58. The lowest BCUT2D eigenvalue weighted by molar-refractivity contribution is 0.781. The Labute approximate surface area is 112 Å². The van der Waals surface area contributed by atoms with Crippen molar-refractivity contribution in [1.29, 1.82) is 0 Å². The van der Waals surface area contributed by atoms with E-state index in [1.54, 1.807) is 23.7 Å². The molecule has 0 aliphatic heterocycles. The zero-order valence-electron chi connectivity index (χ0n) is 9.28. The second kappa shape index (κ2) is 4.79. The molecule has 3 rings (SSSR count). The Morgan fingerprint density at radius 2 is 2.22 bits per heavy atom. The first kappa shape index (κ1) is 11.2. The van der Waals surface area contributed by atoms with Crippen LogP contribution in [0, 0.1) is 4.77 Å². The van der Waals surface area contributed by atoms with Gasteiger partial charge in [0.15, 0.2) is 10.6 Å². The Bertz CT molecular complexity index is 684. The molecule has 0 radical (unpaired) electrons. The fraction of sp³-hybridized carbons (Fsp3) is 0.0909. The average molecular weight is 275 g/mol. The number of hydrogen-bond donors (Lipinski definition) is 1. The van der Waals surface area contributed by atoms with Gasteiger partial charge in [-0.05, 0) is 24.4 Å². The van der Waals surface area contributed by atoms with Gasteiger partial charge in [0, 0.05) is 17.8 Å². The predicted molar refractivity (Wildman–Crippen MR) is 71.9 cm³/mol. The van der Waals surface area contributed by atoms with Gasteiger partial charge in [-0.25, -0.2) is 4.98 Å². The summed E-state index contributed by atoms with van der Waals surface area (Å²) >= 11 is 6.83. The molecule has 0 fully saturated rings. The summed E-state index contributed by atoms with van der Waals surface area (Å²) in [6, 6.07) is 5.70. The van der Waals surface area contributed by atoms with E-state index in [0.717, 1.165) is 16.5 Å². The number of nitrogens with zero attached hydrogens (tertiary/aromatic N) is 4. The van der Waals surface area contributed by atoms with Gasteiger partial charge in [0.05, 0.1) is 6.54 Å². The summed E-state index contributed by atoms with van der Waals surface area (Å²) in [4.78, 5) is 8.54. The highest BCUT2D eigenvalue weighted by molar-refractivity contribution is 7.71. The molecular weight excluding hydrogens is 266 g/mol. The third kappa shape index (κ3) is 2.09. The Morgan fingerprint density at radius 1 is 1.28 bits per heavy atom. The van der Waals surface area contributed by atoms with Crippen molar-refractivity contribution >= 4 is 23.6 Å². The first-order chi connectivity index (χ1) is 8.84. The van der Waals surface area contributed by atoms with E-state index in [9.17, 15) is 0 Å². The molecule has 0 aromatic carbocycles. The monoisotopic (exact) mass is 275 g/mol. The van der Waals surface area contributed by atoms with Crippen LogP contribution in [0.5, 0.6) is 0 Å². The van der Waals surface area contributed by atoms with Crippen LogP contribution in [-0.2, 0) is 6.54 Å². The van der Waals surface area contributed by atoms with Gasteiger partial charge in [-0.1, -0.05) is 6.07 Å². The molecule has 0 spiro atoms. The SMILES string of the molecule is S=c1[nH]nc(-c2ccccn2)n1Cc1nccs1. The summed E-state index contributed by atoms with van der Waals surface area (Å²) in [6.07, 6.45) is 3.52. The van der Waals surface area contributed by atoms with Crippen molar-refractivity contribution < 1.29 is 0 Å².